The van der Waals surface area contributed by atoms with Crippen molar-refractivity contribution in [3.63, 3.8) is 0 Å². The van der Waals surface area contributed by atoms with Crippen molar-refractivity contribution in [1.82, 2.24) is 5.01 Å². The Bertz CT molecular complexity index is 1240. The predicted molar refractivity (Wildman–Crippen MR) is 137 cm³/mol. The van der Waals surface area contributed by atoms with E-state index in [4.69, 9.17) is 27.9 Å². The molecule has 34 heavy (non-hydrogen) atoms. The van der Waals surface area contributed by atoms with Crippen molar-refractivity contribution < 1.29 is 14.3 Å². The van der Waals surface area contributed by atoms with E-state index in [2.05, 4.69) is 49.1 Å². The van der Waals surface area contributed by atoms with E-state index in [9.17, 15) is 9.59 Å². The second-order valence-electron chi connectivity index (χ2n) is 9.23. The van der Waals surface area contributed by atoms with Crippen molar-refractivity contribution in [1.29, 1.82) is 0 Å². The predicted octanol–water partition coefficient (Wildman–Crippen LogP) is 6.48. The van der Waals surface area contributed by atoms with Gasteiger partial charge in [0.05, 0.1) is 27.0 Å². The number of halogens is 4. The van der Waals surface area contributed by atoms with Crippen LogP contribution in [0, 0.1) is 35.5 Å². The zero-order valence-electron chi connectivity index (χ0n) is 17.6. The molecule has 0 radical (unpaired) electrons. The monoisotopic (exact) mass is 622 g/mol. The molecule has 2 bridgehead atoms. The Labute approximate surface area is 223 Å². The molecule has 174 valence electrons. The van der Waals surface area contributed by atoms with E-state index < -0.39 is 0 Å². The maximum absolute atomic E-state index is 13.1. The molecule has 2 aromatic carbocycles. The van der Waals surface area contributed by atoms with Gasteiger partial charge >= 0.3 is 0 Å². The van der Waals surface area contributed by atoms with Gasteiger partial charge < -0.3 is 4.74 Å². The Morgan fingerprint density at radius 2 is 1.62 bits per heavy atom. The minimum absolute atomic E-state index is 0.172. The van der Waals surface area contributed by atoms with E-state index in [-0.39, 0.29) is 42.1 Å². The second kappa shape index (κ2) is 8.47. The fraction of sp³-hybridized carbons (Fsp3) is 0.320. The van der Waals surface area contributed by atoms with Gasteiger partial charge in [0.15, 0.2) is 0 Å². The highest BCUT2D eigenvalue weighted by Gasteiger charge is 2.67. The van der Waals surface area contributed by atoms with Crippen LogP contribution in [0.15, 0.2) is 56.5 Å². The van der Waals surface area contributed by atoms with Gasteiger partial charge in [-0.25, -0.2) is 0 Å². The summed E-state index contributed by atoms with van der Waals surface area (Å²) in [5.74, 6) is 1.26. The summed E-state index contributed by atoms with van der Waals surface area (Å²) in [6.45, 7) is 0.262. The van der Waals surface area contributed by atoms with Crippen LogP contribution in [0.4, 0.5) is 0 Å². The lowest BCUT2D eigenvalue weighted by molar-refractivity contribution is -0.140. The van der Waals surface area contributed by atoms with Crippen LogP contribution in [0.2, 0.25) is 10.0 Å². The number of carbonyl (C=O) groups is 2. The number of hydrogen-bond donors (Lipinski definition) is 0. The number of hydrazone groups is 1. The minimum atomic E-state index is -0.252. The van der Waals surface area contributed by atoms with Crippen molar-refractivity contribution in [2.45, 2.75) is 13.0 Å². The van der Waals surface area contributed by atoms with Gasteiger partial charge in [-0.15, -0.1) is 0 Å². The number of benzene rings is 2. The lowest BCUT2D eigenvalue weighted by Crippen LogP contribution is -2.40. The summed E-state index contributed by atoms with van der Waals surface area (Å²) in [4.78, 5) is 26.2. The number of carbonyl (C=O) groups excluding carboxylic acids is 2. The van der Waals surface area contributed by atoms with E-state index in [1.807, 2.05) is 18.2 Å². The molecule has 3 fully saturated rings. The van der Waals surface area contributed by atoms with Crippen molar-refractivity contribution >= 4 is 73.1 Å². The quantitative estimate of drug-likeness (QED) is 0.217. The van der Waals surface area contributed by atoms with Crippen LogP contribution in [0.25, 0.3) is 0 Å². The minimum Gasteiger partial charge on any atom is -0.486 e. The molecule has 1 heterocycles. The molecule has 1 saturated heterocycles. The highest BCUT2D eigenvalue weighted by Crippen LogP contribution is 2.65. The smallest absolute Gasteiger partial charge is 0.254 e. The van der Waals surface area contributed by atoms with Crippen LogP contribution in [0.1, 0.15) is 17.5 Å². The number of hydrogen-bond acceptors (Lipinski definition) is 4. The Balaban J connectivity index is 1.18. The van der Waals surface area contributed by atoms with Crippen molar-refractivity contribution in [3.05, 3.63) is 72.6 Å². The number of ether oxygens (including phenoxy) is 1. The third-order valence-corrected chi connectivity index (χ3v) is 9.13. The molecule has 2 amide bonds. The van der Waals surface area contributed by atoms with Crippen LogP contribution in [-0.2, 0) is 16.2 Å². The van der Waals surface area contributed by atoms with Crippen molar-refractivity contribution in [2.75, 3.05) is 0 Å². The zero-order chi connectivity index (χ0) is 23.7. The molecule has 5 aliphatic rings. The fourth-order valence-corrected chi connectivity index (χ4v) is 7.67. The maximum atomic E-state index is 13.1. The molecule has 4 aliphatic carbocycles. The van der Waals surface area contributed by atoms with E-state index in [0.29, 0.717) is 36.6 Å². The molecule has 9 heteroatoms. The van der Waals surface area contributed by atoms with Gasteiger partial charge in [0.2, 0.25) is 0 Å². The van der Waals surface area contributed by atoms with Gasteiger partial charge in [0.1, 0.15) is 12.4 Å². The molecule has 7 rings (SSSR count). The molecule has 5 nitrogen and oxygen atoms in total. The van der Waals surface area contributed by atoms with Crippen LogP contribution >= 0.6 is 55.1 Å². The normalized spacial score (nSPS) is 30.8. The first kappa shape index (κ1) is 22.8. The van der Waals surface area contributed by atoms with Gasteiger partial charge in [-0.05, 0) is 91.8 Å². The molecule has 1 aliphatic heterocycles. The summed E-state index contributed by atoms with van der Waals surface area (Å²) in [6, 6.07) is 8.90. The summed E-state index contributed by atoms with van der Waals surface area (Å²) in [5, 5.41) is 6.49. The Morgan fingerprint density at radius 3 is 2.21 bits per heavy atom. The number of imide groups is 1. The molecular weight excluding hydrogens is 607 g/mol. The summed E-state index contributed by atoms with van der Waals surface area (Å²) in [6.07, 6.45) is 6.99. The average molecular weight is 625 g/mol. The zero-order valence-corrected chi connectivity index (χ0v) is 22.3. The summed E-state index contributed by atoms with van der Waals surface area (Å²) in [5.41, 5.74) is 1.53. The van der Waals surface area contributed by atoms with Crippen molar-refractivity contribution in [2.24, 2.45) is 40.6 Å². The standard InChI is InChI=1S/C25H18Br2Cl2N2O3/c26-18-5-11(6-19(27)23(18)34-10-12-1-2-13(28)7-20(12)29)9-30-31-24(32)21-14-3-4-15(17-8-16(14)17)22(21)25(31)33/h1-7,9,14-17,21-22H,8,10H2/b30-9-/t14-,15-,16-,17+,21-,22+/m0/s1. The van der Waals surface area contributed by atoms with Crippen LogP contribution in [0.3, 0.4) is 0 Å². The van der Waals surface area contributed by atoms with E-state index in [1.54, 1.807) is 18.3 Å². The summed E-state index contributed by atoms with van der Waals surface area (Å²) in [7, 11) is 0. The molecule has 0 unspecified atom stereocenters. The lowest BCUT2D eigenvalue weighted by atomic mass is 9.63. The molecule has 2 saturated carbocycles. The third kappa shape index (κ3) is 3.67. The Hall–Kier alpha value is -1.67. The van der Waals surface area contributed by atoms with E-state index in [1.165, 1.54) is 0 Å². The SMILES string of the molecule is O=C1[C@@H]2[C@H]3C=C[C@@H]([C@@H]4C[C@H]34)[C@@H]2C(=O)N1/N=C\c1cc(Br)c(OCc2ccc(Cl)cc2Cl)c(Br)c1. The second-order valence-corrected chi connectivity index (χ2v) is 11.8. The highest BCUT2D eigenvalue weighted by molar-refractivity contribution is 9.11. The van der Waals surface area contributed by atoms with Crippen LogP contribution in [-0.4, -0.2) is 23.0 Å². The number of amides is 2. The topological polar surface area (TPSA) is 59.0 Å². The molecule has 2 aromatic rings. The van der Waals surface area contributed by atoms with Gasteiger partial charge in [0, 0.05) is 15.6 Å². The van der Waals surface area contributed by atoms with Crippen LogP contribution in [0.5, 0.6) is 5.75 Å². The first-order valence-electron chi connectivity index (χ1n) is 11.0. The number of allylic oxidation sites excluding steroid dienone is 2. The highest BCUT2D eigenvalue weighted by atomic mass is 79.9. The fourth-order valence-electron chi connectivity index (χ4n) is 5.76. The number of rotatable bonds is 5. The van der Waals surface area contributed by atoms with Crippen LogP contribution < -0.4 is 4.74 Å². The summed E-state index contributed by atoms with van der Waals surface area (Å²) < 4.78 is 7.35. The van der Waals surface area contributed by atoms with Crippen molar-refractivity contribution in [3.8, 4) is 5.75 Å². The molecule has 0 aromatic heterocycles. The average Bonchev–Trinajstić information content (AvgIpc) is 3.57. The molecule has 0 N–H and O–H groups in total. The Kier molecular flexibility index (Phi) is 5.67. The largest absolute Gasteiger partial charge is 0.486 e. The van der Waals surface area contributed by atoms with Gasteiger partial charge in [0.25, 0.3) is 11.8 Å². The number of nitrogens with zero attached hydrogens (tertiary/aromatic N) is 2. The maximum Gasteiger partial charge on any atom is 0.254 e. The molecule has 6 atom stereocenters. The third-order valence-electron chi connectivity index (χ3n) is 7.37. The van der Waals surface area contributed by atoms with Gasteiger partial charge in [-0.1, -0.05) is 41.4 Å². The molecule has 0 spiro atoms. The molecular formula is C25H18Br2Cl2N2O3. The summed E-state index contributed by atoms with van der Waals surface area (Å²) >= 11 is 19.3. The van der Waals surface area contributed by atoms with E-state index >= 15 is 0 Å². The Morgan fingerprint density at radius 1 is 1.00 bits per heavy atom. The van der Waals surface area contributed by atoms with E-state index in [0.717, 1.165) is 22.6 Å². The lowest BCUT2D eigenvalue weighted by Gasteiger charge is -2.37. The first-order valence-corrected chi connectivity index (χ1v) is 13.3. The first-order chi connectivity index (χ1) is 16.3. The van der Waals surface area contributed by atoms with Gasteiger partial charge in [-0.3, -0.25) is 9.59 Å². The van der Waals surface area contributed by atoms with Gasteiger partial charge in [-0.2, -0.15) is 10.1 Å².